The second-order valence-corrected chi connectivity index (χ2v) is 4.07. The molecule has 2 saturated heterocycles. The Balaban J connectivity index is 1.93. The lowest BCUT2D eigenvalue weighted by Crippen LogP contribution is -2.51. The van der Waals surface area contributed by atoms with E-state index in [0.29, 0.717) is 13.2 Å². The van der Waals surface area contributed by atoms with Crippen LogP contribution in [0.1, 0.15) is 12.8 Å². The standard InChI is InChI=1S/C10H18N2O3/c13-7-8-2-1-4-12(8)10(14)9-6-11-3-5-15-9/h8-9,11,13H,1-7H2/t8-,9?/m0/s1. The number of ether oxygens (including phenoxy) is 1. The zero-order valence-electron chi connectivity index (χ0n) is 8.82. The number of rotatable bonds is 2. The van der Waals surface area contributed by atoms with Crippen LogP contribution in [0, 0.1) is 0 Å². The van der Waals surface area contributed by atoms with Crippen molar-refractivity contribution in [2.75, 3.05) is 32.8 Å². The summed E-state index contributed by atoms with van der Waals surface area (Å²) in [6, 6.07) is 0.00280. The van der Waals surface area contributed by atoms with Gasteiger partial charge in [-0.25, -0.2) is 0 Å². The summed E-state index contributed by atoms with van der Waals surface area (Å²) in [6.45, 7) is 2.81. The summed E-state index contributed by atoms with van der Waals surface area (Å²) in [5, 5.41) is 12.3. The fourth-order valence-electron chi connectivity index (χ4n) is 2.22. The topological polar surface area (TPSA) is 61.8 Å². The zero-order chi connectivity index (χ0) is 10.7. The molecule has 2 aliphatic heterocycles. The van der Waals surface area contributed by atoms with E-state index < -0.39 is 0 Å². The van der Waals surface area contributed by atoms with Crippen LogP contribution in [0.25, 0.3) is 0 Å². The minimum atomic E-state index is -0.356. The Morgan fingerprint density at radius 1 is 1.60 bits per heavy atom. The minimum absolute atomic E-state index is 0.00280. The van der Waals surface area contributed by atoms with E-state index in [2.05, 4.69) is 5.32 Å². The molecule has 2 fully saturated rings. The molecule has 0 saturated carbocycles. The maximum absolute atomic E-state index is 12.0. The number of carbonyl (C=O) groups is 1. The van der Waals surface area contributed by atoms with Gasteiger partial charge in [0.2, 0.25) is 0 Å². The van der Waals surface area contributed by atoms with Crippen molar-refractivity contribution < 1.29 is 14.6 Å². The fraction of sp³-hybridized carbons (Fsp3) is 0.900. The quantitative estimate of drug-likeness (QED) is 0.616. The number of morpholine rings is 1. The summed E-state index contributed by atoms with van der Waals surface area (Å²) in [6.07, 6.45) is 1.53. The lowest BCUT2D eigenvalue weighted by Gasteiger charge is -2.30. The number of aliphatic hydroxyl groups is 1. The van der Waals surface area contributed by atoms with E-state index >= 15 is 0 Å². The lowest BCUT2D eigenvalue weighted by atomic mass is 10.2. The SMILES string of the molecule is O=C(C1CNCCO1)N1CCC[C@H]1CO. The first-order valence-corrected chi connectivity index (χ1v) is 5.56. The van der Waals surface area contributed by atoms with Crippen LogP contribution >= 0.6 is 0 Å². The van der Waals surface area contributed by atoms with Crippen molar-refractivity contribution in [3.05, 3.63) is 0 Å². The second-order valence-electron chi connectivity index (χ2n) is 4.07. The summed E-state index contributed by atoms with van der Waals surface area (Å²) in [4.78, 5) is 13.8. The molecule has 0 bridgehead atoms. The minimum Gasteiger partial charge on any atom is -0.394 e. The molecule has 0 aromatic carbocycles. The van der Waals surface area contributed by atoms with Crippen LogP contribution < -0.4 is 5.32 Å². The highest BCUT2D eigenvalue weighted by atomic mass is 16.5. The van der Waals surface area contributed by atoms with Gasteiger partial charge >= 0.3 is 0 Å². The van der Waals surface area contributed by atoms with E-state index in [0.717, 1.165) is 25.9 Å². The average molecular weight is 214 g/mol. The maximum Gasteiger partial charge on any atom is 0.253 e. The van der Waals surface area contributed by atoms with Gasteiger partial charge in [-0.2, -0.15) is 0 Å². The Morgan fingerprint density at radius 3 is 3.13 bits per heavy atom. The van der Waals surface area contributed by atoms with Gasteiger partial charge in [0.1, 0.15) is 6.10 Å². The molecule has 0 spiro atoms. The molecule has 0 aromatic heterocycles. The average Bonchev–Trinajstić information content (AvgIpc) is 2.77. The van der Waals surface area contributed by atoms with Gasteiger partial charge in [-0.3, -0.25) is 4.79 Å². The summed E-state index contributed by atoms with van der Waals surface area (Å²) in [5.74, 6) is 0.0266. The lowest BCUT2D eigenvalue weighted by molar-refractivity contribution is -0.146. The maximum atomic E-state index is 12.0. The summed E-state index contributed by atoms with van der Waals surface area (Å²) in [5.41, 5.74) is 0. The monoisotopic (exact) mass is 214 g/mol. The van der Waals surface area contributed by atoms with E-state index in [1.165, 1.54) is 0 Å². The van der Waals surface area contributed by atoms with Gasteiger partial charge in [-0.05, 0) is 12.8 Å². The van der Waals surface area contributed by atoms with E-state index in [9.17, 15) is 4.79 Å². The molecular formula is C10H18N2O3. The van der Waals surface area contributed by atoms with Crippen molar-refractivity contribution in [1.29, 1.82) is 0 Å². The van der Waals surface area contributed by atoms with Gasteiger partial charge in [-0.1, -0.05) is 0 Å². The van der Waals surface area contributed by atoms with Crippen LogP contribution in [0.15, 0.2) is 0 Å². The molecule has 0 aliphatic carbocycles. The van der Waals surface area contributed by atoms with Gasteiger partial charge in [-0.15, -0.1) is 0 Å². The van der Waals surface area contributed by atoms with Gasteiger partial charge in [0.15, 0.2) is 0 Å². The molecule has 5 nitrogen and oxygen atoms in total. The number of hydrogen-bond donors (Lipinski definition) is 2. The van der Waals surface area contributed by atoms with Crippen molar-refractivity contribution >= 4 is 5.91 Å². The second kappa shape index (κ2) is 4.92. The molecule has 2 rings (SSSR count). The van der Waals surface area contributed by atoms with E-state index in [4.69, 9.17) is 9.84 Å². The van der Waals surface area contributed by atoms with Crippen LogP contribution in [0.3, 0.4) is 0 Å². The number of aliphatic hydroxyl groups excluding tert-OH is 1. The Kier molecular flexibility index (Phi) is 3.56. The van der Waals surface area contributed by atoms with Crippen LogP contribution in [-0.2, 0) is 9.53 Å². The summed E-state index contributed by atoms with van der Waals surface area (Å²) >= 11 is 0. The third kappa shape index (κ3) is 2.30. The van der Waals surface area contributed by atoms with Crippen molar-refractivity contribution in [2.45, 2.75) is 25.0 Å². The first-order chi connectivity index (χ1) is 7.33. The van der Waals surface area contributed by atoms with Gasteiger partial charge < -0.3 is 20.1 Å². The van der Waals surface area contributed by atoms with Crippen molar-refractivity contribution in [3.8, 4) is 0 Å². The third-order valence-corrected chi connectivity index (χ3v) is 3.07. The number of nitrogens with zero attached hydrogens (tertiary/aromatic N) is 1. The molecule has 2 atom stereocenters. The molecule has 15 heavy (non-hydrogen) atoms. The van der Waals surface area contributed by atoms with Crippen LogP contribution in [0.2, 0.25) is 0 Å². The predicted octanol–water partition coefficient (Wildman–Crippen LogP) is -1.04. The Morgan fingerprint density at radius 2 is 2.47 bits per heavy atom. The van der Waals surface area contributed by atoms with Crippen LogP contribution in [0.4, 0.5) is 0 Å². The first-order valence-electron chi connectivity index (χ1n) is 5.56. The zero-order valence-corrected chi connectivity index (χ0v) is 8.82. The highest BCUT2D eigenvalue weighted by molar-refractivity contribution is 5.82. The summed E-state index contributed by atoms with van der Waals surface area (Å²) in [7, 11) is 0. The highest BCUT2D eigenvalue weighted by Gasteiger charge is 2.33. The summed E-state index contributed by atoms with van der Waals surface area (Å²) < 4.78 is 5.41. The molecule has 2 aliphatic rings. The van der Waals surface area contributed by atoms with Gasteiger partial charge in [0.25, 0.3) is 5.91 Å². The smallest absolute Gasteiger partial charge is 0.253 e. The molecule has 1 amide bonds. The van der Waals surface area contributed by atoms with Crippen LogP contribution in [0.5, 0.6) is 0 Å². The van der Waals surface area contributed by atoms with E-state index in [1.54, 1.807) is 4.90 Å². The highest BCUT2D eigenvalue weighted by Crippen LogP contribution is 2.18. The Labute approximate surface area is 89.4 Å². The Hall–Kier alpha value is -0.650. The number of carbonyl (C=O) groups excluding carboxylic acids is 1. The fourth-order valence-corrected chi connectivity index (χ4v) is 2.22. The van der Waals surface area contributed by atoms with Crippen molar-refractivity contribution in [2.24, 2.45) is 0 Å². The van der Waals surface area contributed by atoms with E-state index in [1.807, 2.05) is 0 Å². The first kappa shape index (κ1) is 10.9. The van der Waals surface area contributed by atoms with E-state index in [-0.39, 0.29) is 24.7 Å². The molecule has 86 valence electrons. The third-order valence-electron chi connectivity index (χ3n) is 3.07. The number of likely N-dealkylation sites (tertiary alicyclic amines) is 1. The Bertz CT molecular complexity index is 229. The molecule has 1 unspecified atom stereocenters. The molecule has 0 aromatic rings. The van der Waals surface area contributed by atoms with Gasteiger partial charge in [0, 0.05) is 19.6 Å². The van der Waals surface area contributed by atoms with Gasteiger partial charge in [0.05, 0.1) is 19.3 Å². The van der Waals surface area contributed by atoms with Crippen LogP contribution in [-0.4, -0.2) is 60.9 Å². The molecular weight excluding hydrogens is 196 g/mol. The molecule has 5 heteroatoms. The molecule has 2 heterocycles. The number of nitrogens with one attached hydrogen (secondary N) is 1. The normalized spacial score (nSPS) is 31.9. The van der Waals surface area contributed by atoms with Crippen molar-refractivity contribution in [1.82, 2.24) is 10.2 Å². The molecule has 2 N–H and O–H groups in total. The number of amides is 1. The van der Waals surface area contributed by atoms with Crippen molar-refractivity contribution in [3.63, 3.8) is 0 Å². The number of hydrogen-bond acceptors (Lipinski definition) is 4. The molecule has 0 radical (unpaired) electrons. The predicted molar refractivity (Wildman–Crippen MR) is 54.4 cm³/mol. The largest absolute Gasteiger partial charge is 0.394 e.